The summed E-state index contributed by atoms with van der Waals surface area (Å²) in [4.78, 5) is 11.6. The van der Waals surface area contributed by atoms with E-state index in [1.54, 1.807) is 0 Å². The van der Waals surface area contributed by atoms with Gasteiger partial charge in [0.2, 0.25) is 0 Å². The molecule has 0 saturated carbocycles. The van der Waals surface area contributed by atoms with Crippen molar-refractivity contribution in [2.24, 2.45) is 0 Å². The zero-order valence-electron chi connectivity index (χ0n) is 11.4. The molecule has 1 aromatic rings. The van der Waals surface area contributed by atoms with E-state index in [-0.39, 0.29) is 12.6 Å². The number of hydrogen-bond acceptors (Lipinski definition) is 3. The number of halogens is 4. The average molecular weight is 322 g/mol. The first-order chi connectivity index (χ1) is 10.4. The van der Waals surface area contributed by atoms with Crippen molar-refractivity contribution >= 4 is 11.7 Å². The Morgan fingerprint density at radius 1 is 1.32 bits per heavy atom. The molecule has 22 heavy (non-hydrogen) atoms. The Hall–Kier alpha value is -1.87. The third-order valence-electron chi connectivity index (χ3n) is 2.93. The van der Waals surface area contributed by atoms with Gasteiger partial charge in [-0.25, -0.2) is 9.18 Å². The summed E-state index contributed by atoms with van der Waals surface area (Å²) in [5.74, 6) is -1.53. The van der Waals surface area contributed by atoms with Crippen LogP contribution >= 0.6 is 0 Å². The van der Waals surface area contributed by atoms with Crippen molar-refractivity contribution in [2.45, 2.75) is 12.3 Å². The van der Waals surface area contributed by atoms with Crippen LogP contribution in [0, 0.1) is 5.82 Å². The molecule has 1 fully saturated rings. The lowest BCUT2D eigenvalue weighted by atomic mass is 10.2. The highest BCUT2D eigenvalue weighted by atomic mass is 19.4. The lowest BCUT2D eigenvalue weighted by Gasteiger charge is -2.23. The van der Waals surface area contributed by atoms with E-state index >= 15 is 0 Å². The minimum Gasteiger partial charge on any atom is -0.376 e. The molecule has 2 rings (SSSR count). The van der Waals surface area contributed by atoms with E-state index in [2.05, 4.69) is 5.32 Å². The van der Waals surface area contributed by atoms with Gasteiger partial charge in [0.05, 0.1) is 37.2 Å². The molecule has 9 heteroatoms. The molecule has 0 spiro atoms. The minimum absolute atomic E-state index is 0.104. The van der Waals surface area contributed by atoms with Crippen LogP contribution < -0.4 is 10.6 Å². The van der Waals surface area contributed by atoms with Gasteiger partial charge >= 0.3 is 12.2 Å². The number of anilines is 1. The maximum Gasteiger partial charge on any atom is 0.419 e. The van der Waals surface area contributed by atoms with E-state index in [0.717, 1.165) is 12.1 Å². The summed E-state index contributed by atoms with van der Waals surface area (Å²) in [5.41, 5.74) is -1.98. The summed E-state index contributed by atoms with van der Waals surface area (Å²) in [7, 11) is 0. The van der Waals surface area contributed by atoms with E-state index in [1.807, 2.05) is 5.32 Å². The van der Waals surface area contributed by atoms with Gasteiger partial charge in [-0.1, -0.05) is 6.07 Å². The van der Waals surface area contributed by atoms with E-state index in [1.165, 1.54) is 0 Å². The molecule has 1 aliphatic heterocycles. The predicted octanol–water partition coefficient (Wildman–Crippen LogP) is 2.38. The monoisotopic (exact) mass is 322 g/mol. The van der Waals surface area contributed by atoms with Crippen LogP contribution in [0.3, 0.4) is 0 Å². The van der Waals surface area contributed by atoms with Crippen LogP contribution in [0.15, 0.2) is 18.2 Å². The lowest BCUT2D eigenvalue weighted by molar-refractivity contribution is -0.139. The van der Waals surface area contributed by atoms with Gasteiger partial charge in [0, 0.05) is 6.54 Å². The van der Waals surface area contributed by atoms with Crippen LogP contribution in [-0.2, 0) is 15.7 Å². The molecule has 2 N–H and O–H groups in total. The Balaban J connectivity index is 1.94. The Bertz CT molecular complexity index is 531. The fraction of sp³-hybridized carbons (Fsp3) is 0.462. The molecule has 0 bridgehead atoms. The standard InChI is InChI=1S/C13H14F4N2O3/c14-11-9(13(15,16)17)2-1-3-10(11)19-12(20)18-6-8-7-21-4-5-22-8/h1-3,8H,4-7H2,(H2,18,19,20)/t8-/m1/s1. The molecule has 1 heterocycles. The van der Waals surface area contributed by atoms with Crippen molar-refractivity contribution in [1.82, 2.24) is 5.32 Å². The molecule has 1 aromatic carbocycles. The van der Waals surface area contributed by atoms with Crippen LogP contribution in [0.5, 0.6) is 0 Å². The molecule has 0 aliphatic carbocycles. The van der Waals surface area contributed by atoms with Gasteiger partial charge in [-0.05, 0) is 12.1 Å². The fourth-order valence-electron chi connectivity index (χ4n) is 1.87. The minimum atomic E-state index is -4.83. The van der Waals surface area contributed by atoms with Crippen molar-refractivity contribution in [3.8, 4) is 0 Å². The van der Waals surface area contributed by atoms with Crippen molar-refractivity contribution in [2.75, 3.05) is 31.7 Å². The first-order valence-corrected chi connectivity index (χ1v) is 6.48. The van der Waals surface area contributed by atoms with Crippen LogP contribution in [0.1, 0.15) is 5.56 Å². The van der Waals surface area contributed by atoms with Gasteiger partial charge in [0.15, 0.2) is 5.82 Å². The Morgan fingerprint density at radius 3 is 2.73 bits per heavy atom. The van der Waals surface area contributed by atoms with Crippen molar-refractivity contribution in [3.63, 3.8) is 0 Å². The number of hydrogen-bond donors (Lipinski definition) is 2. The smallest absolute Gasteiger partial charge is 0.376 e. The number of carbonyl (C=O) groups excluding carboxylic acids is 1. The van der Waals surface area contributed by atoms with Crippen LogP contribution in [0.4, 0.5) is 28.0 Å². The van der Waals surface area contributed by atoms with Gasteiger partial charge in [0.1, 0.15) is 0 Å². The topological polar surface area (TPSA) is 59.6 Å². The summed E-state index contributed by atoms with van der Waals surface area (Å²) in [6.07, 6.45) is -5.17. The van der Waals surface area contributed by atoms with E-state index in [4.69, 9.17) is 9.47 Å². The van der Waals surface area contributed by atoms with Gasteiger partial charge < -0.3 is 20.1 Å². The number of rotatable bonds is 3. The summed E-state index contributed by atoms with van der Waals surface area (Å²) in [5, 5.41) is 4.42. The van der Waals surface area contributed by atoms with Gasteiger partial charge in [-0.3, -0.25) is 0 Å². The molecule has 1 saturated heterocycles. The molecule has 0 unspecified atom stereocenters. The molecule has 0 radical (unpaired) electrons. The largest absolute Gasteiger partial charge is 0.419 e. The number of amides is 2. The number of urea groups is 1. The average Bonchev–Trinajstić information content (AvgIpc) is 2.47. The van der Waals surface area contributed by atoms with Gasteiger partial charge in [-0.2, -0.15) is 13.2 Å². The van der Waals surface area contributed by atoms with E-state index in [0.29, 0.717) is 25.9 Å². The van der Waals surface area contributed by atoms with E-state index < -0.39 is 29.3 Å². The number of nitrogens with one attached hydrogen (secondary N) is 2. The maximum absolute atomic E-state index is 13.7. The molecule has 2 amide bonds. The normalized spacial score (nSPS) is 18.8. The van der Waals surface area contributed by atoms with Crippen molar-refractivity contribution in [1.29, 1.82) is 0 Å². The highest BCUT2D eigenvalue weighted by Gasteiger charge is 2.35. The zero-order chi connectivity index (χ0) is 16.2. The molecule has 1 aliphatic rings. The van der Waals surface area contributed by atoms with Gasteiger partial charge in [-0.15, -0.1) is 0 Å². The van der Waals surface area contributed by atoms with Crippen LogP contribution in [0.25, 0.3) is 0 Å². The van der Waals surface area contributed by atoms with Crippen molar-refractivity contribution in [3.05, 3.63) is 29.6 Å². The summed E-state index contributed by atoms with van der Waals surface area (Å²) in [6, 6.07) is 1.84. The highest BCUT2D eigenvalue weighted by molar-refractivity contribution is 5.89. The fourth-order valence-corrected chi connectivity index (χ4v) is 1.87. The SMILES string of the molecule is O=C(NC[C@@H]1COCCO1)Nc1cccc(C(F)(F)F)c1F. The number of alkyl halides is 3. The number of ether oxygens (including phenoxy) is 2. The van der Waals surface area contributed by atoms with Crippen LogP contribution in [-0.4, -0.2) is 38.5 Å². The maximum atomic E-state index is 13.7. The quantitative estimate of drug-likeness (QED) is 0.840. The molecular formula is C13H14F4N2O3. The number of benzene rings is 1. The van der Waals surface area contributed by atoms with Crippen LogP contribution in [0.2, 0.25) is 0 Å². The van der Waals surface area contributed by atoms with Crippen molar-refractivity contribution < 1.29 is 31.8 Å². The summed E-state index contributed by atoms with van der Waals surface area (Å²) >= 11 is 0. The molecule has 1 atom stereocenters. The second-order valence-corrected chi connectivity index (χ2v) is 4.57. The first-order valence-electron chi connectivity index (χ1n) is 6.48. The summed E-state index contributed by atoms with van der Waals surface area (Å²) in [6.45, 7) is 1.28. The lowest BCUT2D eigenvalue weighted by Crippen LogP contribution is -2.41. The zero-order valence-corrected chi connectivity index (χ0v) is 11.4. The highest BCUT2D eigenvalue weighted by Crippen LogP contribution is 2.33. The number of carbonyl (C=O) groups is 1. The Morgan fingerprint density at radius 2 is 2.09 bits per heavy atom. The Labute approximate surface area is 123 Å². The predicted molar refractivity (Wildman–Crippen MR) is 69.0 cm³/mol. The molecule has 5 nitrogen and oxygen atoms in total. The van der Waals surface area contributed by atoms with Gasteiger partial charge in [0.25, 0.3) is 0 Å². The second-order valence-electron chi connectivity index (χ2n) is 4.57. The third kappa shape index (κ3) is 4.31. The first kappa shape index (κ1) is 16.5. The molecular weight excluding hydrogens is 308 g/mol. The molecule has 0 aromatic heterocycles. The Kier molecular flexibility index (Phi) is 5.19. The second kappa shape index (κ2) is 6.93. The molecule has 122 valence electrons. The third-order valence-corrected chi connectivity index (χ3v) is 2.93. The van der Waals surface area contributed by atoms with E-state index in [9.17, 15) is 22.4 Å². The summed E-state index contributed by atoms with van der Waals surface area (Å²) < 4.78 is 61.8.